The van der Waals surface area contributed by atoms with Gasteiger partial charge in [-0.25, -0.2) is 8.78 Å². The monoisotopic (exact) mass is 512 g/mol. The zero-order chi connectivity index (χ0) is 25.6. The standard InChI is InChI=1S/C26H32Cl2F2N2O2/c1-24(2,3)13-20-26(31,17-9-7-15(28)12-19(17)30)21(16-11-14(27)8-10-18(16)29)22(32-20)23(33)34-25(4,5)6/h7-12,20-22,32H,13,31H2,1-6H3. The zero-order valence-electron chi connectivity index (χ0n) is 20.3. The lowest BCUT2D eigenvalue weighted by atomic mass is 9.68. The third-order valence-corrected chi connectivity index (χ3v) is 6.44. The van der Waals surface area contributed by atoms with E-state index >= 15 is 8.78 Å². The lowest BCUT2D eigenvalue weighted by Crippen LogP contribution is -2.52. The molecule has 0 aromatic heterocycles. The molecule has 0 amide bonds. The second-order valence-electron chi connectivity index (χ2n) is 11.2. The van der Waals surface area contributed by atoms with Gasteiger partial charge in [-0.1, -0.05) is 50.0 Å². The van der Waals surface area contributed by atoms with Crippen LogP contribution < -0.4 is 11.1 Å². The Kier molecular flexibility index (Phi) is 7.41. The van der Waals surface area contributed by atoms with E-state index in [1.54, 1.807) is 20.8 Å². The molecule has 1 aliphatic rings. The van der Waals surface area contributed by atoms with Crippen LogP contribution in [0.25, 0.3) is 0 Å². The van der Waals surface area contributed by atoms with Crippen LogP contribution in [-0.4, -0.2) is 23.7 Å². The predicted octanol–water partition coefficient (Wildman–Crippen LogP) is 6.33. The SMILES string of the molecule is CC(C)(C)CC1NC(C(=O)OC(C)(C)C)C(c2cc(Cl)ccc2F)C1(N)c1ccc(Cl)cc1F. The van der Waals surface area contributed by atoms with Crippen molar-refractivity contribution in [3.63, 3.8) is 0 Å². The molecule has 0 spiro atoms. The Balaban J connectivity index is 2.30. The molecule has 2 aromatic carbocycles. The normalized spacial score (nSPS) is 25.4. The number of benzene rings is 2. The summed E-state index contributed by atoms with van der Waals surface area (Å²) in [5.41, 5.74) is 4.80. The predicted molar refractivity (Wildman–Crippen MR) is 132 cm³/mol. The van der Waals surface area contributed by atoms with E-state index in [1.807, 2.05) is 20.8 Å². The van der Waals surface area contributed by atoms with Crippen LogP contribution in [-0.2, 0) is 15.1 Å². The van der Waals surface area contributed by atoms with Crippen LogP contribution in [0.1, 0.15) is 65.0 Å². The van der Waals surface area contributed by atoms with Gasteiger partial charge in [0.05, 0.1) is 5.54 Å². The third kappa shape index (κ3) is 5.56. The maximum absolute atomic E-state index is 15.4. The number of esters is 1. The fraction of sp³-hybridized carbons (Fsp3) is 0.500. The highest BCUT2D eigenvalue weighted by molar-refractivity contribution is 6.30. The minimum absolute atomic E-state index is 0.115. The molecule has 1 aliphatic heterocycles. The largest absolute Gasteiger partial charge is 0.459 e. The summed E-state index contributed by atoms with van der Waals surface area (Å²) in [6.45, 7) is 11.3. The number of hydrogen-bond donors (Lipinski definition) is 2. The van der Waals surface area contributed by atoms with Crippen LogP contribution >= 0.6 is 23.2 Å². The first-order chi connectivity index (χ1) is 15.5. The smallest absolute Gasteiger partial charge is 0.324 e. The maximum atomic E-state index is 15.4. The molecule has 0 bridgehead atoms. The molecular weight excluding hydrogens is 481 g/mol. The summed E-state index contributed by atoms with van der Waals surface area (Å²) in [7, 11) is 0. The van der Waals surface area contributed by atoms with Crippen molar-refractivity contribution < 1.29 is 18.3 Å². The first kappa shape index (κ1) is 26.9. The molecule has 8 heteroatoms. The van der Waals surface area contributed by atoms with Gasteiger partial charge in [0.15, 0.2) is 0 Å². The fourth-order valence-electron chi connectivity index (χ4n) is 4.74. The van der Waals surface area contributed by atoms with E-state index in [2.05, 4.69) is 5.32 Å². The molecule has 1 saturated heterocycles. The van der Waals surface area contributed by atoms with E-state index in [9.17, 15) is 4.79 Å². The van der Waals surface area contributed by atoms with Crippen LogP contribution in [0.3, 0.4) is 0 Å². The van der Waals surface area contributed by atoms with Gasteiger partial charge in [0, 0.05) is 27.6 Å². The number of rotatable bonds is 4. The maximum Gasteiger partial charge on any atom is 0.324 e. The Morgan fingerprint density at radius 1 is 1.03 bits per heavy atom. The molecule has 3 rings (SSSR count). The minimum Gasteiger partial charge on any atom is -0.459 e. The highest BCUT2D eigenvalue weighted by Crippen LogP contribution is 2.50. The highest BCUT2D eigenvalue weighted by Gasteiger charge is 2.59. The zero-order valence-corrected chi connectivity index (χ0v) is 21.8. The number of nitrogens with two attached hydrogens (primary N) is 1. The van der Waals surface area contributed by atoms with Crippen LogP contribution in [0.5, 0.6) is 0 Å². The molecule has 1 fully saturated rings. The van der Waals surface area contributed by atoms with Crippen molar-refractivity contribution in [1.29, 1.82) is 0 Å². The quantitative estimate of drug-likeness (QED) is 0.469. The number of carbonyl (C=O) groups is 1. The Hall–Kier alpha value is -1.73. The van der Waals surface area contributed by atoms with E-state index in [0.29, 0.717) is 6.42 Å². The van der Waals surface area contributed by atoms with Crippen molar-refractivity contribution in [1.82, 2.24) is 5.32 Å². The van der Waals surface area contributed by atoms with E-state index in [0.717, 1.165) is 0 Å². The van der Waals surface area contributed by atoms with Crippen LogP contribution in [0.4, 0.5) is 8.78 Å². The Morgan fingerprint density at radius 3 is 2.18 bits per heavy atom. The van der Waals surface area contributed by atoms with Crippen molar-refractivity contribution in [2.45, 2.75) is 77.1 Å². The van der Waals surface area contributed by atoms with Gasteiger partial charge in [0.1, 0.15) is 23.3 Å². The number of nitrogens with one attached hydrogen (secondary N) is 1. The average molecular weight is 513 g/mol. The van der Waals surface area contributed by atoms with E-state index in [1.165, 1.54) is 36.4 Å². The molecule has 2 aromatic rings. The minimum atomic E-state index is -1.52. The second kappa shape index (κ2) is 9.38. The van der Waals surface area contributed by atoms with Crippen molar-refractivity contribution in [2.24, 2.45) is 11.1 Å². The lowest BCUT2D eigenvalue weighted by molar-refractivity contribution is -0.157. The molecule has 0 saturated carbocycles. The fourth-order valence-corrected chi connectivity index (χ4v) is 5.08. The van der Waals surface area contributed by atoms with Gasteiger partial charge < -0.3 is 10.5 Å². The van der Waals surface area contributed by atoms with Gasteiger partial charge in [-0.2, -0.15) is 0 Å². The summed E-state index contributed by atoms with van der Waals surface area (Å²) in [5, 5.41) is 3.77. The van der Waals surface area contributed by atoms with Crippen molar-refractivity contribution >= 4 is 29.2 Å². The van der Waals surface area contributed by atoms with Crippen molar-refractivity contribution in [2.75, 3.05) is 0 Å². The molecule has 4 nitrogen and oxygen atoms in total. The van der Waals surface area contributed by atoms with E-state index in [-0.39, 0.29) is 26.6 Å². The molecule has 0 radical (unpaired) electrons. The van der Waals surface area contributed by atoms with Crippen LogP contribution in [0.2, 0.25) is 10.0 Å². The summed E-state index contributed by atoms with van der Waals surface area (Å²) in [6, 6.07) is 6.65. The van der Waals surface area contributed by atoms with Crippen LogP contribution in [0.15, 0.2) is 36.4 Å². The van der Waals surface area contributed by atoms with Crippen molar-refractivity contribution in [3.8, 4) is 0 Å². The molecule has 0 aliphatic carbocycles. The molecule has 3 N–H and O–H groups in total. The van der Waals surface area contributed by atoms with Gasteiger partial charge in [0.25, 0.3) is 0 Å². The first-order valence-corrected chi connectivity index (χ1v) is 12.0. The molecule has 4 unspecified atom stereocenters. The van der Waals surface area contributed by atoms with Gasteiger partial charge in [-0.05, 0) is 68.5 Å². The molecule has 186 valence electrons. The molecular formula is C26H32Cl2F2N2O2. The number of carbonyl (C=O) groups excluding carboxylic acids is 1. The average Bonchev–Trinajstić information content (AvgIpc) is 2.94. The summed E-state index contributed by atoms with van der Waals surface area (Å²) < 4.78 is 36.3. The first-order valence-electron chi connectivity index (χ1n) is 11.2. The number of halogens is 4. The lowest BCUT2D eigenvalue weighted by Gasteiger charge is -2.40. The second-order valence-corrected chi connectivity index (χ2v) is 12.1. The van der Waals surface area contributed by atoms with Crippen LogP contribution in [0, 0.1) is 17.0 Å². The molecule has 1 heterocycles. The Labute approximate surface area is 210 Å². The summed E-state index contributed by atoms with van der Waals surface area (Å²) in [5.74, 6) is -2.83. The summed E-state index contributed by atoms with van der Waals surface area (Å²) >= 11 is 12.2. The Bertz CT molecular complexity index is 1080. The van der Waals surface area contributed by atoms with E-state index in [4.69, 9.17) is 33.7 Å². The summed E-state index contributed by atoms with van der Waals surface area (Å²) in [6.07, 6.45) is 0.476. The molecule has 34 heavy (non-hydrogen) atoms. The highest BCUT2D eigenvalue weighted by atomic mass is 35.5. The summed E-state index contributed by atoms with van der Waals surface area (Å²) in [4.78, 5) is 13.4. The van der Waals surface area contributed by atoms with Crippen molar-refractivity contribution in [3.05, 3.63) is 69.2 Å². The van der Waals surface area contributed by atoms with Gasteiger partial charge in [-0.15, -0.1) is 0 Å². The Morgan fingerprint density at radius 2 is 1.62 bits per heavy atom. The van der Waals surface area contributed by atoms with Gasteiger partial charge in [0.2, 0.25) is 0 Å². The number of hydrogen-bond acceptors (Lipinski definition) is 4. The van der Waals surface area contributed by atoms with Gasteiger partial charge in [-0.3, -0.25) is 10.1 Å². The van der Waals surface area contributed by atoms with E-state index < -0.39 is 46.7 Å². The van der Waals surface area contributed by atoms with Gasteiger partial charge >= 0.3 is 5.97 Å². The third-order valence-electron chi connectivity index (χ3n) is 5.97. The molecule has 4 atom stereocenters. The topological polar surface area (TPSA) is 64.3 Å². The number of ether oxygens (including phenoxy) is 1.